The van der Waals surface area contributed by atoms with E-state index in [1.165, 1.54) is 31.9 Å². The Balaban J connectivity index is 0.00000288. The number of sulfone groups is 1. The maximum absolute atomic E-state index is 11.6. The van der Waals surface area contributed by atoms with Crippen molar-refractivity contribution in [3.63, 3.8) is 0 Å². The van der Waals surface area contributed by atoms with Crippen LogP contribution in [0.1, 0.15) is 36.8 Å². The van der Waals surface area contributed by atoms with Crippen molar-refractivity contribution in [3.05, 3.63) is 29.3 Å². The lowest BCUT2D eigenvalue weighted by Gasteiger charge is -2.13. The van der Waals surface area contributed by atoms with Gasteiger partial charge in [0.05, 0.1) is 4.90 Å². The van der Waals surface area contributed by atoms with Crippen LogP contribution in [-0.4, -0.2) is 34.2 Å². The molecule has 1 aromatic rings. The maximum atomic E-state index is 11.6. The van der Waals surface area contributed by atoms with Gasteiger partial charge in [0.25, 0.3) is 0 Å². The third-order valence-corrected chi connectivity index (χ3v) is 5.36. The van der Waals surface area contributed by atoms with Gasteiger partial charge in [-0.2, -0.15) is 0 Å². The van der Waals surface area contributed by atoms with Crippen molar-refractivity contribution in [2.75, 3.05) is 19.8 Å². The third-order valence-electron chi connectivity index (χ3n) is 4.10. The lowest BCUT2D eigenvalue weighted by Crippen LogP contribution is -2.37. The third kappa shape index (κ3) is 6.96. The van der Waals surface area contributed by atoms with E-state index in [4.69, 9.17) is 0 Å². The van der Waals surface area contributed by atoms with Crippen molar-refractivity contribution in [3.8, 4) is 0 Å². The zero-order valence-corrected chi connectivity index (χ0v) is 17.8. The van der Waals surface area contributed by atoms with Crippen LogP contribution in [-0.2, 0) is 16.4 Å². The zero-order chi connectivity index (χ0) is 16.9. The predicted molar refractivity (Wildman–Crippen MR) is 110 cm³/mol. The first kappa shape index (κ1) is 21.2. The molecule has 0 saturated heterocycles. The highest BCUT2D eigenvalue weighted by Gasteiger charge is 2.20. The molecule has 1 aliphatic carbocycles. The van der Waals surface area contributed by atoms with E-state index in [0.29, 0.717) is 11.4 Å². The highest BCUT2D eigenvalue weighted by atomic mass is 127. The minimum Gasteiger partial charge on any atom is -0.356 e. The smallest absolute Gasteiger partial charge is 0.191 e. The molecule has 2 N–H and O–H groups in total. The number of aryl methyl sites for hydroxylation is 1. The van der Waals surface area contributed by atoms with Gasteiger partial charge in [-0.3, -0.25) is 4.99 Å². The molecule has 0 amide bonds. The number of hydrogen-bond acceptors (Lipinski definition) is 3. The second-order valence-corrected chi connectivity index (χ2v) is 8.29. The van der Waals surface area contributed by atoms with Gasteiger partial charge in [0.1, 0.15) is 0 Å². The van der Waals surface area contributed by atoms with E-state index in [9.17, 15) is 8.42 Å². The predicted octanol–water partition coefficient (Wildman–Crippen LogP) is 2.87. The number of nitrogens with one attached hydrogen (secondary N) is 2. The van der Waals surface area contributed by atoms with Gasteiger partial charge in [-0.25, -0.2) is 8.42 Å². The van der Waals surface area contributed by atoms with Crippen molar-refractivity contribution in [1.82, 2.24) is 10.6 Å². The lowest BCUT2D eigenvalue weighted by atomic mass is 10.1. The molecule has 0 aliphatic heterocycles. The standard InChI is InChI=1S/C17H27N3O2S.HI/c1-13-11-15(8-9-16(13)23(3,21)22)12-20-17(18-2)19-10-4-5-14-6-7-14;/h8-9,11,14H,4-7,10,12H2,1-3H3,(H2,18,19,20);1H. The zero-order valence-electron chi connectivity index (χ0n) is 14.6. The van der Waals surface area contributed by atoms with Crippen LogP contribution >= 0.6 is 24.0 Å². The Kier molecular flexibility index (Phi) is 8.49. The topological polar surface area (TPSA) is 70.6 Å². The van der Waals surface area contributed by atoms with E-state index in [1.54, 1.807) is 13.1 Å². The second-order valence-electron chi connectivity index (χ2n) is 6.31. The van der Waals surface area contributed by atoms with Crippen LogP contribution in [0.2, 0.25) is 0 Å². The number of benzene rings is 1. The lowest BCUT2D eigenvalue weighted by molar-refractivity contribution is 0.601. The highest BCUT2D eigenvalue weighted by molar-refractivity contribution is 14.0. The van der Waals surface area contributed by atoms with Crippen molar-refractivity contribution in [2.24, 2.45) is 10.9 Å². The first-order chi connectivity index (χ1) is 10.9. The van der Waals surface area contributed by atoms with E-state index in [2.05, 4.69) is 15.6 Å². The molecule has 2 rings (SSSR count). The van der Waals surface area contributed by atoms with Gasteiger partial charge >= 0.3 is 0 Å². The molecule has 0 atom stereocenters. The summed E-state index contributed by atoms with van der Waals surface area (Å²) in [6, 6.07) is 5.42. The second kappa shape index (κ2) is 9.60. The van der Waals surface area contributed by atoms with Crippen LogP contribution in [0.4, 0.5) is 0 Å². The molecular weight excluding hydrogens is 437 g/mol. The van der Waals surface area contributed by atoms with Crippen LogP contribution in [0.5, 0.6) is 0 Å². The largest absolute Gasteiger partial charge is 0.356 e. The number of halogens is 1. The van der Waals surface area contributed by atoms with Crippen LogP contribution in [0, 0.1) is 12.8 Å². The summed E-state index contributed by atoms with van der Waals surface area (Å²) in [4.78, 5) is 4.61. The van der Waals surface area contributed by atoms with Gasteiger partial charge in [0.15, 0.2) is 15.8 Å². The number of guanidine groups is 1. The SMILES string of the molecule is CN=C(NCCCC1CC1)NCc1ccc(S(C)(=O)=O)c(C)c1.I. The molecule has 5 nitrogen and oxygen atoms in total. The molecule has 136 valence electrons. The minimum atomic E-state index is -3.16. The fraction of sp³-hybridized carbons (Fsp3) is 0.588. The first-order valence-corrected chi connectivity index (χ1v) is 10.0. The van der Waals surface area contributed by atoms with Crippen LogP contribution in [0.3, 0.4) is 0 Å². The van der Waals surface area contributed by atoms with Crippen LogP contribution in [0.15, 0.2) is 28.1 Å². The first-order valence-electron chi connectivity index (χ1n) is 8.14. The van der Waals surface area contributed by atoms with Crippen molar-refractivity contribution >= 4 is 39.8 Å². The van der Waals surface area contributed by atoms with E-state index in [-0.39, 0.29) is 24.0 Å². The summed E-state index contributed by atoms with van der Waals surface area (Å²) in [6.07, 6.45) is 6.51. The summed E-state index contributed by atoms with van der Waals surface area (Å²) in [5.74, 6) is 1.74. The molecule has 0 spiro atoms. The Morgan fingerprint density at radius 2 is 2.00 bits per heavy atom. The number of aliphatic imine (C=N–C) groups is 1. The Morgan fingerprint density at radius 3 is 2.54 bits per heavy atom. The van der Waals surface area contributed by atoms with Gasteiger partial charge in [-0.15, -0.1) is 24.0 Å². The summed E-state index contributed by atoms with van der Waals surface area (Å²) in [6.45, 7) is 3.38. The molecule has 7 heteroatoms. The molecule has 0 aromatic heterocycles. The van der Waals surface area contributed by atoms with Crippen molar-refractivity contribution < 1.29 is 8.42 Å². The van der Waals surface area contributed by atoms with E-state index < -0.39 is 9.84 Å². The van der Waals surface area contributed by atoms with E-state index >= 15 is 0 Å². The van der Waals surface area contributed by atoms with Crippen LogP contribution < -0.4 is 10.6 Å². The Bertz CT molecular complexity index is 670. The fourth-order valence-electron chi connectivity index (χ4n) is 2.65. The molecule has 0 bridgehead atoms. The molecule has 0 unspecified atom stereocenters. The fourth-order valence-corrected chi connectivity index (χ4v) is 3.61. The number of nitrogens with zero attached hydrogens (tertiary/aromatic N) is 1. The van der Waals surface area contributed by atoms with Gasteiger partial charge < -0.3 is 10.6 Å². The molecule has 0 heterocycles. The van der Waals surface area contributed by atoms with Gasteiger partial charge in [0, 0.05) is 26.4 Å². The Labute approximate surface area is 162 Å². The van der Waals surface area contributed by atoms with Crippen molar-refractivity contribution in [1.29, 1.82) is 0 Å². The molecule has 0 radical (unpaired) electrons. The maximum Gasteiger partial charge on any atom is 0.191 e. The van der Waals surface area contributed by atoms with Crippen LogP contribution in [0.25, 0.3) is 0 Å². The summed E-state index contributed by atoms with van der Waals surface area (Å²) in [5.41, 5.74) is 1.81. The summed E-state index contributed by atoms with van der Waals surface area (Å²) >= 11 is 0. The molecule has 1 aliphatic rings. The number of rotatable bonds is 7. The molecule has 1 aromatic carbocycles. The highest BCUT2D eigenvalue weighted by Crippen LogP contribution is 2.33. The summed E-state index contributed by atoms with van der Waals surface area (Å²) < 4.78 is 23.3. The van der Waals surface area contributed by atoms with Gasteiger partial charge in [-0.1, -0.05) is 25.0 Å². The van der Waals surface area contributed by atoms with Gasteiger partial charge in [0.2, 0.25) is 0 Å². The van der Waals surface area contributed by atoms with Crippen molar-refractivity contribution in [2.45, 2.75) is 44.0 Å². The molecule has 1 saturated carbocycles. The van der Waals surface area contributed by atoms with E-state index in [1.807, 2.05) is 19.1 Å². The van der Waals surface area contributed by atoms with Gasteiger partial charge in [-0.05, 0) is 42.9 Å². The van der Waals surface area contributed by atoms with E-state index in [0.717, 1.165) is 29.5 Å². The average Bonchev–Trinajstić information content (AvgIpc) is 3.29. The number of hydrogen-bond donors (Lipinski definition) is 2. The normalized spacial score (nSPS) is 14.9. The molecular formula is C17H28IN3O2S. The Morgan fingerprint density at radius 1 is 1.29 bits per heavy atom. The quantitative estimate of drug-likeness (QED) is 0.281. The molecule has 24 heavy (non-hydrogen) atoms. The average molecular weight is 465 g/mol. The molecule has 1 fully saturated rings. The Hall–Kier alpha value is -0.830. The monoisotopic (exact) mass is 465 g/mol. The summed E-state index contributed by atoms with van der Waals surface area (Å²) in [5, 5.41) is 6.58. The minimum absolute atomic E-state index is 0. The summed E-state index contributed by atoms with van der Waals surface area (Å²) in [7, 11) is -1.40.